The molecule has 23 heavy (non-hydrogen) atoms. The first-order valence-electron chi connectivity index (χ1n) is 7.70. The maximum atomic E-state index is 12.3. The van der Waals surface area contributed by atoms with Gasteiger partial charge in [0, 0.05) is 17.6 Å². The van der Waals surface area contributed by atoms with Crippen molar-refractivity contribution in [3.63, 3.8) is 0 Å². The summed E-state index contributed by atoms with van der Waals surface area (Å²) in [6, 6.07) is 7.64. The average molecular weight is 332 g/mol. The van der Waals surface area contributed by atoms with E-state index in [9.17, 15) is 4.79 Å². The number of thiazole rings is 1. The summed E-state index contributed by atoms with van der Waals surface area (Å²) in [4.78, 5) is 16.8. The molecule has 0 unspecified atom stereocenters. The van der Waals surface area contributed by atoms with Crippen molar-refractivity contribution in [3.8, 4) is 16.3 Å². The number of nitrogens with zero attached hydrogens (tertiary/aromatic N) is 1. The lowest BCUT2D eigenvalue weighted by Gasteiger charge is -2.19. The summed E-state index contributed by atoms with van der Waals surface area (Å²) in [5, 5.41) is 5.59. The number of rotatable bonds is 5. The van der Waals surface area contributed by atoms with E-state index in [4.69, 9.17) is 9.47 Å². The van der Waals surface area contributed by atoms with E-state index >= 15 is 0 Å². The van der Waals surface area contributed by atoms with Crippen LogP contribution in [0.4, 0.5) is 0 Å². The maximum Gasteiger partial charge on any atom is 0.271 e. The third kappa shape index (κ3) is 3.71. The van der Waals surface area contributed by atoms with E-state index in [0.29, 0.717) is 5.69 Å². The van der Waals surface area contributed by atoms with Crippen LogP contribution >= 0.6 is 11.3 Å². The van der Waals surface area contributed by atoms with E-state index in [2.05, 4.69) is 10.3 Å². The predicted molar refractivity (Wildman–Crippen MR) is 90.0 cm³/mol. The number of amides is 1. The number of nitrogens with one attached hydrogen (secondary N) is 1. The molecule has 1 amide bonds. The highest BCUT2D eigenvalue weighted by Gasteiger charge is 2.24. The quantitative estimate of drug-likeness (QED) is 0.914. The number of hydrogen-bond donors (Lipinski definition) is 1. The van der Waals surface area contributed by atoms with Gasteiger partial charge in [-0.05, 0) is 44.0 Å². The molecule has 3 rings (SSSR count). The Kier molecular flexibility index (Phi) is 4.93. The van der Waals surface area contributed by atoms with Gasteiger partial charge in [0.15, 0.2) is 0 Å². The molecule has 2 atom stereocenters. The van der Waals surface area contributed by atoms with Crippen LogP contribution in [0.25, 0.3) is 10.6 Å². The minimum absolute atomic E-state index is 0.00358. The minimum Gasteiger partial charge on any atom is -0.497 e. The molecule has 6 heteroatoms. The summed E-state index contributed by atoms with van der Waals surface area (Å²) in [7, 11) is 1.63. The van der Waals surface area contributed by atoms with Gasteiger partial charge >= 0.3 is 0 Å². The second-order valence-corrected chi connectivity index (χ2v) is 6.44. The molecule has 122 valence electrons. The molecule has 0 saturated carbocycles. The van der Waals surface area contributed by atoms with Crippen molar-refractivity contribution in [2.24, 2.45) is 0 Å². The van der Waals surface area contributed by atoms with Gasteiger partial charge in [-0.15, -0.1) is 11.3 Å². The number of carbonyl (C=O) groups is 1. The van der Waals surface area contributed by atoms with E-state index in [1.807, 2.05) is 31.2 Å². The minimum atomic E-state index is -0.149. The van der Waals surface area contributed by atoms with Crippen LogP contribution in [0.1, 0.15) is 30.3 Å². The monoisotopic (exact) mass is 332 g/mol. The van der Waals surface area contributed by atoms with Gasteiger partial charge in [0.05, 0.1) is 19.3 Å². The average Bonchev–Trinajstić information content (AvgIpc) is 3.26. The first-order valence-corrected chi connectivity index (χ1v) is 8.58. The molecule has 0 radical (unpaired) electrons. The van der Waals surface area contributed by atoms with Crippen LogP contribution in [-0.2, 0) is 4.74 Å². The molecule has 2 heterocycles. The number of ether oxygens (including phenoxy) is 2. The van der Waals surface area contributed by atoms with Crippen molar-refractivity contribution < 1.29 is 14.3 Å². The van der Waals surface area contributed by atoms with Crippen molar-refractivity contribution in [1.29, 1.82) is 0 Å². The van der Waals surface area contributed by atoms with Gasteiger partial charge in [-0.2, -0.15) is 0 Å². The molecule has 1 aliphatic rings. The normalized spacial score (nSPS) is 18.6. The Bertz CT molecular complexity index is 663. The molecule has 0 bridgehead atoms. The second kappa shape index (κ2) is 7.10. The van der Waals surface area contributed by atoms with Crippen LogP contribution in [0.3, 0.4) is 0 Å². The van der Waals surface area contributed by atoms with Gasteiger partial charge in [-0.25, -0.2) is 4.98 Å². The molecule has 1 saturated heterocycles. The van der Waals surface area contributed by atoms with E-state index in [1.165, 1.54) is 11.3 Å². The molecule has 1 aliphatic heterocycles. The Hall–Kier alpha value is -1.92. The van der Waals surface area contributed by atoms with Crippen molar-refractivity contribution in [2.45, 2.75) is 31.9 Å². The summed E-state index contributed by atoms with van der Waals surface area (Å²) in [6.07, 6.45) is 2.16. The second-order valence-electron chi connectivity index (χ2n) is 5.58. The van der Waals surface area contributed by atoms with Crippen molar-refractivity contribution in [2.75, 3.05) is 13.7 Å². The van der Waals surface area contributed by atoms with Gasteiger partial charge in [0.1, 0.15) is 16.5 Å². The molecule has 0 aliphatic carbocycles. The Labute approximate surface area is 139 Å². The summed E-state index contributed by atoms with van der Waals surface area (Å²) in [5.74, 6) is 0.651. The fraction of sp³-hybridized carbons (Fsp3) is 0.412. The molecular weight excluding hydrogens is 312 g/mol. The largest absolute Gasteiger partial charge is 0.497 e. The Balaban J connectivity index is 1.66. The highest BCUT2D eigenvalue weighted by atomic mass is 32.1. The molecule has 1 aromatic heterocycles. The first-order chi connectivity index (χ1) is 11.2. The van der Waals surface area contributed by atoms with Gasteiger partial charge in [-0.3, -0.25) is 4.79 Å². The number of carbonyl (C=O) groups excluding carboxylic acids is 1. The zero-order valence-electron chi connectivity index (χ0n) is 13.2. The van der Waals surface area contributed by atoms with Gasteiger partial charge < -0.3 is 14.8 Å². The fourth-order valence-corrected chi connectivity index (χ4v) is 3.42. The number of aromatic nitrogens is 1. The molecule has 1 aromatic carbocycles. The van der Waals surface area contributed by atoms with Gasteiger partial charge in [-0.1, -0.05) is 0 Å². The number of hydrogen-bond acceptors (Lipinski definition) is 5. The number of methoxy groups -OCH3 is 1. The predicted octanol–water partition coefficient (Wildman–Crippen LogP) is 3.12. The lowest BCUT2D eigenvalue weighted by Crippen LogP contribution is -2.40. The molecular formula is C17H20N2O3S. The molecule has 2 aromatic rings. The number of benzene rings is 1. The highest BCUT2D eigenvalue weighted by molar-refractivity contribution is 7.13. The SMILES string of the molecule is COc1ccc(-c2nc(C(=O)N[C@@H](C)[C@H]3CCCO3)cs2)cc1. The fourth-order valence-electron chi connectivity index (χ4n) is 2.61. The van der Waals surface area contributed by atoms with E-state index < -0.39 is 0 Å². The zero-order chi connectivity index (χ0) is 16.2. The topological polar surface area (TPSA) is 60.5 Å². The Morgan fingerprint density at radius 2 is 2.22 bits per heavy atom. The van der Waals surface area contributed by atoms with Gasteiger partial charge in [0.2, 0.25) is 0 Å². The Morgan fingerprint density at radius 1 is 1.43 bits per heavy atom. The molecule has 5 nitrogen and oxygen atoms in total. The van der Waals surface area contributed by atoms with E-state index in [1.54, 1.807) is 12.5 Å². The molecule has 1 fully saturated rings. The highest BCUT2D eigenvalue weighted by Crippen LogP contribution is 2.26. The molecule has 1 N–H and O–H groups in total. The van der Waals surface area contributed by atoms with Crippen LogP contribution in [0.2, 0.25) is 0 Å². The van der Waals surface area contributed by atoms with E-state index in [0.717, 1.165) is 35.8 Å². The molecule has 0 spiro atoms. The Morgan fingerprint density at radius 3 is 2.87 bits per heavy atom. The third-order valence-electron chi connectivity index (χ3n) is 3.96. The maximum absolute atomic E-state index is 12.3. The van der Waals surface area contributed by atoms with Crippen LogP contribution in [0, 0.1) is 0 Å². The summed E-state index contributed by atoms with van der Waals surface area (Å²) < 4.78 is 10.8. The standard InChI is InChI=1S/C17H20N2O3S/c1-11(15-4-3-9-22-15)18-16(20)14-10-23-17(19-14)12-5-7-13(21-2)8-6-12/h5-8,10-11,15H,3-4,9H2,1-2H3,(H,18,20)/t11-,15+/m0/s1. The van der Waals surface area contributed by atoms with Crippen molar-refractivity contribution in [3.05, 3.63) is 35.3 Å². The van der Waals surface area contributed by atoms with Crippen LogP contribution in [-0.4, -0.2) is 36.8 Å². The van der Waals surface area contributed by atoms with Crippen LogP contribution in [0.15, 0.2) is 29.6 Å². The summed E-state index contributed by atoms with van der Waals surface area (Å²) >= 11 is 1.46. The zero-order valence-corrected chi connectivity index (χ0v) is 14.1. The van der Waals surface area contributed by atoms with Crippen molar-refractivity contribution in [1.82, 2.24) is 10.3 Å². The summed E-state index contributed by atoms with van der Waals surface area (Å²) in [5.41, 5.74) is 1.42. The lowest BCUT2D eigenvalue weighted by atomic mass is 10.1. The van der Waals surface area contributed by atoms with E-state index in [-0.39, 0.29) is 18.1 Å². The third-order valence-corrected chi connectivity index (χ3v) is 4.85. The lowest BCUT2D eigenvalue weighted by molar-refractivity contribution is 0.0710. The van der Waals surface area contributed by atoms with Gasteiger partial charge in [0.25, 0.3) is 5.91 Å². The van der Waals surface area contributed by atoms with Crippen LogP contribution < -0.4 is 10.1 Å². The smallest absolute Gasteiger partial charge is 0.271 e. The van der Waals surface area contributed by atoms with Crippen molar-refractivity contribution >= 4 is 17.2 Å². The summed E-state index contributed by atoms with van der Waals surface area (Å²) in [6.45, 7) is 2.76. The van der Waals surface area contributed by atoms with Crippen LogP contribution in [0.5, 0.6) is 5.75 Å². The first kappa shape index (κ1) is 16.0.